The molecule has 1 saturated heterocycles. The Morgan fingerprint density at radius 1 is 1.07 bits per heavy atom. The molecule has 1 fully saturated rings. The number of nitrogens with one attached hydrogen (secondary N) is 2. The molecule has 3 aromatic rings. The zero-order chi connectivity index (χ0) is 20.4. The Morgan fingerprint density at radius 2 is 1.86 bits per heavy atom. The number of anilines is 1. The van der Waals surface area contributed by atoms with Crippen LogP contribution in [0.2, 0.25) is 0 Å². The molecule has 1 aromatic heterocycles. The van der Waals surface area contributed by atoms with E-state index in [1.54, 1.807) is 18.3 Å². The second kappa shape index (κ2) is 8.01. The highest BCUT2D eigenvalue weighted by Gasteiger charge is 2.25. The van der Waals surface area contributed by atoms with Crippen molar-refractivity contribution in [3.8, 4) is 0 Å². The minimum absolute atomic E-state index is 0.00793. The molecule has 0 saturated carbocycles. The first-order valence-electron chi connectivity index (χ1n) is 9.80. The van der Waals surface area contributed by atoms with Crippen LogP contribution in [0.15, 0.2) is 54.7 Å². The summed E-state index contributed by atoms with van der Waals surface area (Å²) in [4.78, 5) is 32.4. The van der Waals surface area contributed by atoms with Crippen LogP contribution in [0, 0.1) is 6.92 Å². The number of nitrogens with zero attached hydrogens (tertiary/aromatic N) is 2. The van der Waals surface area contributed by atoms with E-state index in [0.29, 0.717) is 11.3 Å². The number of rotatable bonds is 4. The summed E-state index contributed by atoms with van der Waals surface area (Å²) in [6, 6.07) is 15.1. The number of aromatic nitrogens is 1. The molecular formula is C23H24N4O2. The van der Waals surface area contributed by atoms with E-state index < -0.39 is 0 Å². The van der Waals surface area contributed by atoms with Crippen LogP contribution in [-0.4, -0.2) is 41.5 Å². The molecule has 2 heterocycles. The van der Waals surface area contributed by atoms with Crippen molar-refractivity contribution in [3.63, 3.8) is 0 Å². The molecule has 1 aliphatic heterocycles. The maximum absolute atomic E-state index is 13.1. The molecule has 6 heteroatoms. The zero-order valence-corrected chi connectivity index (χ0v) is 16.6. The molecule has 1 unspecified atom stereocenters. The number of carbonyl (C=O) groups is 2. The van der Waals surface area contributed by atoms with Gasteiger partial charge in [0, 0.05) is 11.8 Å². The van der Waals surface area contributed by atoms with Crippen LogP contribution in [0.5, 0.6) is 0 Å². The Bertz CT molecular complexity index is 1070. The van der Waals surface area contributed by atoms with Gasteiger partial charge in [-0.25, -0.2) is 4.98 Å². The molecule has 0 radical (unpaired) electrons. The summed E-state index contributed by atoms with van der Waals surface area (Å²) in [5, 5.41) is 7.82. The van der Waals surface area contributed by atoms with Crippen molar-refractivity contribution < 1.29 is 9.59 Å². The van der Waals surface area contributed by atoms with Gasteiger partial charge in [-0.2, -0.15) is 0 Å². The quantitative estimate of drug-likeness (QED) is 0.716. The van der Waals surface area contributed by atoms with E-state index in [4.69, 9.17) is 0 Å². The fourth-order valence-electron chi connectivity index (χ4n) is 3.80. The van der Waals surface area contributed by atoms with Crippen molar-refractivity contribution in [3.05, 3.63) is 71.5 Å². The highest BCUT2D eigenvalue weighted by atomic mass is 16.2. The first kappa shape index (κ1) is 19.1. The first-order valence-corrected chi connectivity index (χ1v) is 9.80. The second-order valence-corrected chi connectivity index (χ2v) is 7.44. The van der Waals surface area contributed by atoms with E-state index in [-0.39, 0.29) is 23.7 Å². The number of carbonyl (C=O) groups excluding carboxylic acids is 2. The summed E-state index contributed by atoms with van der Waals surface area (Å²) in [7, 11) is 1.99. The van der Waals surface area contributed by atoms with Crippen molar-refractivity contribution in [1.82, 2.24) is 15.2 Å². The van der Waals surface area contributed by atoms with Gasteiger partial charge >= 0.3 is 0 Å². The predicted molar refractivity (Wildman–Crippen MR) is 114 cm³/mol. The molecule has 1 atom stereocenters. The average Bonchev–Trinajstić information content (AvgIpc) is 3.13. The van der Waals surface area contributed by atoms with Gasteiger partial charge in [-0.1, -0.05) is 36.4 Å². The lowest BCUT2D eigenvalue weighted by molar-refractivity contribution is 0.0896. The van der Waals surface area contributed by atoms with Gasteiger partial charge < -0.3 is 10.6 Å². The Labute approximate surface area is 169 Å². The number of fused-ring (bicyclic) bond motifs is 1. The molecule has 0 bridgehead atoms. The molecule has 0 spiro atoms. The highest BCUT2D eigenvalue weighted by molar-refractivity contribution is 6.14. The maximum atomic E-state index is 13.1. The van der Waals surface area contributed by atoms with Crippen LogP contribution in [0.25, 0.3) is 10.8 Å². The Balaban J connectivity index is 1.63. The smallest absolute Gasteiger partial charge is 0.273 e. The summed E-state index contributed by atoms with van der Waals surface area (Å²) in [6.45, 7) is 2.82. The van der Waals surface area contributed by atoms with Gasteiger partial charge in [0.1, 0.15) is 0 Å². The van der Waals surface area contributed by atoms with Gasteiger partial charge in [-0.3, -0.25) is 14.5 Å². The monoisotopic (exact) mass is 388 g/mol. The van der Waals surface area contributed by atoms with Gasteiger partial charge in [0.05, 0.1) is 11.9 Å². The van der Waals surface area contributed by atoms with E-state index in [1.807, 2.05) is 50.4 Å². The highest BCUT2D eigenvalue weighted by Crippen LogP contribution is 2.23. The summed E-state index contributed by atoms with van der Waals surface area (Å²) >= 11 is 0. The fraction of sp³-hybridized carbons (Fsp3) is 0.261. The molecule has 4 rings (SSSR count). The summed E-state index contributed by atoms with van der Waals surface area (Å²) in [6.07, 6.45) is 3.54. The molecule has 6 nitrogen and oxygen atoms in total. The lowest BCUT2D eigenvalue weighted by Crippen LogP contribution is -2.42. The number of hydrogen-bond acceptors (Lipinski definition) is 4. The topological polar surface area (TPSA) is 74.3 Å². The van der Waals surface area contributed by atoms with E-state index in [1.165, 1.54) is 0 Å². The Kier molecular flexibility index (Phi) is 5.27. The van der Waals surface area contributed by atoms with Crippen LogP contribution in [-0.2, 0) is 0 Å². The van der Waals surface area contributed by atoms with Gasteiger partial charge in [-0.05, 0) is 61.8 Å². The van der Waals surface area contributed by atoms with E-state index >= 15 is 0 Å². The maximum Gasteiger partial charge on any atom is 0.273 e. The van der Waals surface area contributed by atoms with Crippen molar-refractivity contribution in [2.75, 3.05) is 18.9 Å². The minimum atomic E-state index is -0.277. The number of pyridine rings is 1. The lowest BCUT2D eigenvalue weighted by Gasteiger charge is -2.21. The van der Waals surface area contributed by atoms with E-state index in [9.17, 15) is 9.59 Å². The average molecular weight is 388 g/mol. The van der Waals surface area contributed by atoms with Crippen LogP contribution in [0.1, 0.15) is 39.3 Å². The van der Waals surface area contributed by atoms with Crippen LogP contribution in [0.4, 0.5) is 5.69 Å². The minimum Gasteiger partial charge on any atom is -0.335 e. The zero-order valence-electron chi connectivity index (χ0n) is 16.6. The van der Waals surface area contributed by atoms with Crippen LogP contribution < -0.4 is 10.6 Å². The number of amides is 2. The van der Waals surface area contributed by atoms with Crippen molar-refractivity contribution >= 4 is 28.3 Å². The van der Waals surface area contributed by atoms with Gasteiger partial charge in [0.2, 0.25) is 0 Å². The first-order chi connectivity index (χ1) is 14.0. The third kappa shape index (κ3) is 3.84. The number of likely N-dealkylation sites (tertiary alicyclic amines) is 1. The Hall–Kier alpha value is -3.25. The molecule has 1 aliphatic rings. The third-order valence-electron chi connectivity index (χ3n) is 5.47. The standard InChI is InChI=1S/C23H24N4O2/c1-15-12-13-24-21(23(29)25-19-11-6-14-27(19)2)20(15)26-22(28)18-10-5-8-16-7-3-4-9-17(16)18/h3-5,7-10,12-13,19H,6,11,14H2,1-2H3,(H,25,29)(H,26,28). The molecule has 2 amide bonds. The number of hydrogen-bond donors (Lipinski definition) is 2. The normalized spacial score (nSPS) is 16.7. The predicted octanol–water partition coefficient (Wildman–Crippen LogP) is 3.58. The largest absolute Gasteiger partial charge is 0.335 e. The molecular weight excluding hydrogens is 364 g/mol. The van der Waals surface area contributed by atoms with Crippen molar-refractivity contribution in [2.45, 2.75) is 25.9 Å². The number of benzene rings is 2. The van der Waals surface area contributed by atoms with E-state index in [0.717, 1.165) is 35.7 Å². The third-order valence-corrected chi connectivity index (χ3v) is 5.47. The summed E-state index contributed by atoms with van der Waals surface area (Å²) < 4.78 is 0. The summed E-state index contributed by atoms with van der Waals surface area (Å²) in [5.41, 5.74) is 2.04. The van der Waals surface area contributed by atoms with Crippen LogP contribution in [0.3, 0.4) is 0 Å². The summed E-state index contributed by atoms with van der Waals surface area (Å²) in [5.74, 6) is -0.536. The fourth-order valence-corrected chi connectivity index (χ4v) is 3.80. The molecule has 2 N–H and O–H groups in total. The SMILES string of the molecule is Cc1ccnc(C(=O)NC2CCCN2C)c1NC(=O)c1cccc2ccccc12. The van der Waals surface area contributed by atoms with Crippen molar-refractivity contribution in [1.29, 1.82) is 0 Å². The van der Waals surface area contributed by atoms with Gasteiger partial charge in [0.25, 0.3) is 11.8 Å². The molecule has 29 heavy (non-hydrogen) atoms. The van der Waals surface area contributed by atoms with Gasteiger partial charge in [0.15, 0.2) is 5.69 Å². The van der Waals surface area contributed by atoms with Crippen molar-refractivity contribution in [2.24, 2.45) is 0 Å². The van der Waals surface area contributed by atoms with Crippen LogP contribution >= 0.6 is 0 Å². The molecule has 148 valence electrons. The molecule has 0 aliphatic carbocycles. The lowest BCUT2D eigenvalue weighted by atomic mass is 10.0. The Morgan fingerprint density at radius 3 is 2.66 bits per heavy atom. The van der Waals surface area contributed by atoms with E-state index in [2.05, 4.69) is 20.5 Å². The number of aryl methyl sites for hydroxylation is 1. The second-order valence-electron chi connectivity index (χ2n) is 7.44. The molecule has 2 aromatic carbocycles. The van der Waals surface area contributed by atoms with Gasteiger partial charge in [-0.15, -0.1) is 0 Å².